The van der Waals surface area contributed by atoms with Crippen LogP contribution in [0.2, 0.25) is 0 Å². The molecule has 0 radical (unpaired) electrons. The van der Waals surface area contributed by atoms with Crippen molar-refractivity contribution in [2.75, 3.05) is 0 Å². The van der Waals surface area contributed by atoms with Gasteiger partial charge in [0, 0.05) is 22.7 Å². The molecule has 2 N–H and O–H groups in total. The van der Waals surface area contributed by atoms with E-state index >= 15 is 0 Å². The molecule has 0 fully saturated rings. The van der Waals surface area contributed by atoms with Gasteiger partial charge < -0.3 is 5.73 Å². The number of benzene rings is 4. The van der Waals surface area contributed by atoms with Crippen LogP contribution < -0.4 is 5.73 Å². The molecule has 0 amide bonds. The Morgan fingerprint density at radius 3 is 2.14 bits per heavy atom. The minimum atomic E-state index is 0.606. The van der Waals surface area contributed by atoms with Crippen molar-refractivity contribution in [2.45, 2.75) is 6.42 Å². The number of pyridine rings is 2. The van der Waals surface area contributed by atoms with Crippen LogP contribution in [-0.2, 0) is 6.42 Å². The van der Waals surface area contributed by atoms with E-state index < -0.39 is 0 Å². The molecule has 5 nitrogen and oxygen atoms in total. The van der Waals surface area contributed by atoms with Gasteiger partial charge in [-0.3, -0.25) is 14.1 Å². The third kappa shape index (κ3) is 4.34. The Hall–Kier alpha value is -5.94. The van der Waals surface area contributed by atoms with Gasteiger partial charge in [-0.25, -0.2) is 4.98 Å². The largest absolute Gasteiger partial charge is 0.385 e. The molecule has 0 aliphatic rings. The van der Waals surface area contributed by atoms with E-state index in [1.165, 1.54) is 5.56 Å². The standard InChI is InChI=1S/C39H29N5/c40-36(25-29(28-15-6-2-7-16-28)23-22-27-13-4-1-5-14-27)44-34-21-12-24-41-37(34)38-35(44)26-32-31-19-10-11-20-33(31)43(39(32)42-38)30-17-8-3-9-18-30/h1-21,23-26H,22,40H2/b29-23+,36-25+. The Balaban J connectivity index is 1.38. The summed E-state index contributed by atoms with van der Waals surface area (Å²) in [5.41, 5.74) is 17.0. The van der Waals surface area contributed by atoms with E-state index in [0.717, 1.165) is 67.2 Å². The lowest BCUT2D eigenvalue weighted by atomic mass is 10.0. The fraction of sp³-hybridized carbons (Fsp3) is 0.0256. The minimum Gasteiger partial charge on any atom is -0.385 e. The zero-order valence-electron chi connectivity index (χ0n) is 24.0. The quantitative estimate of drug-likeness (QED) is 0.204. The summed E-state index contributed by atoms with van der Waals surface area (Å²) in [6.45, 7) is 0. The molecule has 0 saturated carbocycles. The molecule has 0 atom stereocenters. The van der Waals surface area contributed by atoms with E-state index in [1.54, 1.807) is 0 Å². The Labute approximate surface area is 254 Å². The van der Waals surface area contributed by atoms with Crippen LogP contribution in [0.1, 0.15) is 11.1 Å². The maximum atomic E-state index is 7.05. The first-order valence-corrected chi connectivity index (χ1v) is 14.8. The molecule has 4 aromatic carbocycles. The predicted octanol–water partition coefficient (Wildman–Crippen LogP) is 8.77. The monoisotopic (exact) mass is 567 g/mol. The molecule has 4 heterocycles. The number of allylic oxidation sites excluding steroid dienone is 3. The highest BCUT2D eigenvalue weighted by Gasteiger charge is 2.20. The summed E-state index contributed by atoms with van der Waals surface area (Å²) in [6.07, 6.45) is 6.93. The number of nitrogens with zero attached hydrogens (tertiary/aromatic N) is 4. The lowest BCUT2D eigenvalue weighted by molar-refractivity contribution is 1.14. The van der Waals surface area contributed by atoms with Gasteiger partial charge in [-0.05, 0) is 65.6 Å². The number of aromatic nitrogens is 4. The molecule has 0 aliphatic heterocycles. The van der Waals surface area contributed by atoms with Gasteiger partial charge in [0.05, 0.1) is 16.6 Å². The first-order valence-electron chi connectivity index (χ1n) is 14.8. The van der Waals surface area contributed by atoms with Crippen molar-refractivity contribution in [3.8, 4) is 5.69 Å². The van der Waals surface area contributed by atoms with Crippen LogP contribution in [0.15, 0.2) is 152 Å². The lowest BCUT2D eigenvalue weighted by Crippen LogP contribution is -2.07. The van der Waals surface area contributed by atoms with Crippen LogP contribution in [0.4, 0.5) is 0 Å². The molecular formula is C39H29N5. The first-order chi connectivity index (χ1) is 21.8. The third-order valence-electron chi connectivity index (χ3n) is 8.21. The smallest absolute Gasteiger partial charge is 0.146 e. The van der Waals surface area contributed by atoms with Crippen LogP contribution in [0.5, 0.6) is 0 Å². The predicted molar refractivity (Wildman–Crippen MR) is 182 cm³/mol. The summed E-state index contributed by atoms with van der Waals surface area (Å²) in [4.78, 5) is 10.1. The average molecular weight is 568 g/mol. The summed E-state index contributed by atoms with van der Waals surface area (Å²) in [6, 6.07) is 46.0. The van der Waals surface area contributed by atoms with E-state index in [0.29, 0.717) is 5.82 Å². The second-order valence-electron chi connectivity index (χ2n) is 10.9. The second-order valence-corrected chi connectivity index (χ2v) is 10.9. The molecule has 5 heteroatoms. The number of para-hydroxylation sites is 2. The highest BCUT2D eigenvalue weighted by molar-refractivity contribution is 6.15. The summed E-state index contributed by atoms with van der Waals surface area (Å²) in [5, 5.41) is 2.21. The van der Waals surface area contributed by atoms with Crippen molar-refractivity contribution in [1.29, 1.82) is 0 Å². The molecule has 0 saturated heterocycles. The van der Waals surface area contributed by atoms with Crippen molar-refractivity contribution in [3.63, 3.8) is 0 Å². The summed E-state index contributed by atoms with van der Waals surface area (Å²) >= 11 is 0. The number of nitrogens with two attached hydrogens (primary N) is 1. The lowest BCUT2D eigenvalue weighted by Gasteiger charge is -2.11. The highest BCUT2D eigenvalue weighted by Crippen LogP contribution is 2.36. The summed E-state index contributed by atoms with van der Waals surface area (Å²) < 4.78 is 4.33. The van der Waals surface area contributed by atoms with E-state index in [-0.39, 0.29) is 0 Å². The maximum absolute atomic E-state index is 7.05. The van der Waals surface area contributed by atoms with Gasteiger partial charge in [0.2, 0.25) is 0 Å². The van der Waals surface area contributed by atoms with Gasteiger partial charge in [0.25, 0.3) is 0 Å². The molecule has 8 aromatic rings. The Morgan fingerprint density at radius 2 is 1.34 bits per heavy atom. The van der Waals surface area contributed by atoms with Crippen LogP contribution >= 0.6 is 0 Å². The zero-order chi connectivity index (χ0) is 29.5. The number of hydrogen-bond acceptors (Lipinski definition) is 3. The minimum absolute atomic E-state index is 0.606. The summed E-state index contributed by atoms with van der Waals surface area (Å²) in [7, 11) is 0. The number of fused-ring (bicyclic) bond motifs is 6. The van der Waals surface area contributed by atoms with Gasteiger partial charge >= 0.3 is 0 Å². The van der Waals surface area contributed by atoms with Gasteiger partial charge in [-0.15, -0.1) is 0 Å². The van der Waals surface area contributed by atoms with Crippen molar-refractivity contribution in [3.05, 3.63) is 163 Å². The van der Waals surface area contributed by atoms with Crippen LogP contribution in [0.3, 0.4) is 0 Å². The van der Waals surface area contributed by atoms with Crippen molar-refractivity contribution < 1.29 is 0 Å². The van der Waals surface area contributed by atoms with Gasteiger partial charge in [-0.2, -0.15) is 0 Å². The summed E-state index contributed by atoms with van der Waals surface area (Å²) in [5.74, 6) is 0.606. The second kappa shape index (κ2) is 10.7. The fourth-order valence-electron chi connectivity index (χ4n) is 6.18. The van der Waals surface area contributed by atoms with E-state index in [1.807, 2.05) is 30.5 Å². The normalized spacial score (nSPS) is 12.5. The molecule has 0 aliphatic carbocycles. The Morgan fingerprint density at radius 1 is 0.659 bits per heavy atom. The van der Waals surface area contributed by atoms with Gasteiger partial charge in [0.1, 0.15) is 22.5 Å². The van der Waals surface area contributed by atoms with Crippen LogP contribution in [0.25, 0.3) is 61.1 Å². The molecule has 4 aromatic heterocycles. The highest BCUT2D eigenvalue weighted by atomic mass is 15.1. The van der Waals surface area contributed by atoms with Crippen LogP contribution in [-0.4, -0.2) is 19.1 Å². The van der Waals surface area contributed by atoms with Crippen molar-refractivity contribution >= 4 is 55.4 Å². The van der Waals surface area contributed by atoms with Crippen molar-refractivity contribution in [1.82, 2.24) is 19.1 Å². The molecular weight excluding hydrogens is 538 g/mol. The topological polar surface area (TPSA) is 61.7 Å². The maximum Gasteiger partial charge on any atom is 0.146 e. The molecule has 0 spiro atoms. The SMILES string of the molecule is N/C(=C\C(=C/Cc1ccccc1)c1ccccc1)n1c2cccnc2c2nc3c(cc21)c1ccccc1n3-c1ccccc1. The molecule has 44 heavy (non-hydrogen) atoms. The molecule has 0 bridgehead atoms. The number of rotatable bonds is 6. The first kappa shape index (κ1) is 25.7. The van der Waals surface area contributed by atoms with Gasteiger partial charge in [0.15, 0.2) is 0 Å². The molecule has 210 valence electrons. The zero-order valence-corrected chi connectivity index (χ0v) is 24.0. The molecule has 0 unspecified atom stereocenters. The number of hydrogen-bond donors (Lipinski definition) is 1. The third-order valence-corrected chi connectivity index (χ3v) is 8.21. The van der Waals surface area contributed by atoms with Gasteiger partial charge in [-0.1, -0.05) is 103 Å². The Kier molecular flexibility index (Phi) is 6.27. The van der Waals surface area contributed by atoms with Crippen molar-refractivity contribution in [2.24, 2.45) is 5.73 Å². The fourth-order valence-corrected chi connectivity index (χ4v) is 6.18. The average Bonchev–Trinajstić information content (AvgIpc) is 3.59. The Bertz CT molecular complexity index is 2350. The van der Waals surface area contributed by atoms with Crippen LogP contribution in [0, 0.1) is 0 Å². The van der Waals surface area contributed by atoms with E-state index in [2.05, 4.69) is 130 Å². The van der Waals surface area contributed by atoms with E-state index in [9.17, 15) is 0 Å². The molecule has 8 rings (SSSR count). The van der Waals surface area contributed by atoms with E-state index in [4.69, 9.17) is 15.7 Å².